The molecule has 13 heteroatoms. The van der Waals surface area contributed by atoms with Crippen LogP contribution in [0.4, 0.5) is 34.9 Å². The fraction of sp³-hybridized carbons (Fsp3) is 0.393. The number of anilines is 3. The topological polar surface area (TPSA) is 109 Å². The number of ether oxygens (including phenoxy) is 2. The Morgan fingerprint density at radius 1 is 1.00 bits per heavy atom. The van der Waals surface area contributed by atoms with Crippen LogP contribution in [0.5, 0.6) is 11.8 Å². The van der Waals surface area contributed by atoms with E-state index in [1.54, 1.807) is 30.3 Å². The zero-order valence-electron chi connectivity index (χ0n) is 22.7. The summed E-state index contributed by atoms with van der Waals surface area (Å²) in [5, 5.41) is 12.2. The number of amides is 1. The first-order valence-electron chi connectivity index (χ1n) is 13.1. The van der Waals surface area contributed by atoms with E-state index in [0.717, 1.165) is 0 Å². The van der Waals surface area contributed by atoms with Crippen LogP contribution >= 0.6 is 0 Å². The van der Waals surface area contributed by atoms with Crippen molar-refractivity contribution in [3.05, 3.63) is 65.5 Å². The van der Waals surface area contributed by atoms with Crippen molar-refractivity contribution in [1.82, 2.24) is 20.6 Å². The lowest BCUT2D eigenvalue weighted by atomic mass is 9.93. The maximum atomic E-state index is 14.6. The van der Waals surface area contributed by atoms with Crippen LogP contribution in [0.15, 0.2) is 48.5 Å². The standard InChI is InChI=1S/C28H32F4N6O3/c1-27(2)15-33-10-3-11-40-22-9-4-18(12-21(22)29)14-34-23-13-24(38-26(37-23)41-17-28(30,31)32)36-20-7-5-19(6-8-20)25(39)35-16-27/h4-9,12-13,33H,3,10-11,14-17H2,1-2H3,(H,35,39)(H2,34,36,37,38). The SMILES string of the molecule is CC1(C)CNCCCOc2ccc(cc2F)CNc2cc(nc(OCC(F)(F)F)n2)Nc2ccc(cc2)C(=O)NC1. The van der Waals surface area contributed by atoms with Crippen LogP contribution < -0.4 is 30.7 Å². The number of halogens is 4. The van der Waals surface area contributed by atoms with Gasteiger partial charge in [0.05, 0.1) is 6.61 Å². The fourth-order valence-corrected chi connectivity index (χ4v) is 3.90. The monoisotopic (exact) mass is 576 g/mol. The van der Waals surface area contributed by atoms with Gasteiger partial charge in [-0.3, -0.25) is 4.79 Å². The van der Waals surface area contributed by atoms with E-state index < -0.39 is 24.6 Å². The Labute approximate surface area is 235 Å². The first-order chi connectivity index (χ1) is 19.5. The summed E-state index contributed by atoms with van der Waals surface area (Å²) < 4.78 is 63.3. The third-order valence-corrected chi connectivity index (χ3v) is 6.05. The van der Waals surface area contributed by atoms with Crippen LogP contribution in [0.1, 0.15) is 36.2 Å². The molecule has 4 N–H and O–H groups in total. The predicted molar refractivity (Wildman–Crippen MR) is 146 cm³/mol. The lowest BCUT2D eigenvalue weighted by Crippen LogP contribution is -2.40. The maximum Gasteiger partial charge on any atom is 0.422 e. The molecule has 7 rings (SSSR count). The summed E-state index contributed by atoms with van der Waals surface area (Å²) >= 11 is 0. The minimum Gasteiger partial charge on any atom is -0.490 e. The van der Waals surface area contributed by atoms with Gasteiger partial charge >= 0.3 is 12.2 Å². The van der Waals surface area contributed by atoms with Crippen molar-refractivity contribution in [2.24, 2.45) is 5.41 Å². The molecule has 0 aliphatic carbocycles. The molecule has 0 radical (unpaired) electrons. The summed E-state index contributed by atoms with van der Waals surface area (Å²) in [7, 11) is 0. The van der Waals surface area contributed by atoms with Crippen molar-refractivity contribution < 1.29 is 31.8 Å². The van der Waals surface area contributed by atoms with Crippen LogP contribution in [-0.2, 0) is 6.54 Å². The highest BCUT2D eigenvalue weighted by molar-refractivity contribution is 5.94. The van der Waals surface area contributed by atoms with Crippen molar-refractivity contribution >= 4 is 23.2 Å². The Morgan fingerprint density at radius 3 is 2.49 bits per heavy atom. The van der Waals surface area contributed by atoms with Gasteiger partial charge < -0.3 is 30.7 Å². The molecule has 5 heterocycles. The van der Waals surface area contributed by atoms with Gasteiger partial charge in [0.15, 0.2) is 18.2 Å². The quantitative estimate of drug-likeness (QED) is 0.314. The van der Waals surface area contributed by atoms with Crippen molar-refractivity contribution in [2.75, 3.05) is 43.5 Å². The van der Waals surface area contributed by atoms with Gasteiger partial charge in [-0.2, -0.15) is 23.1 Å². The molecule has 4 aliphatic rings. The summed E-state index contributed by atoms with van der Waals surface area (Å²) in [5.74, 6) is -0.354. The lowest BCUT2D eigenvalue weighted by molar-refractivity contribution is -0.154. The molecule has 4 aliphatic heterocycles. The minimum atomic E-state index is -4.58. The second kappa shape index (κ2) is 13.0. The number of carbonyl (C=O) groups is 1. The average Bonchev–Trinajstić information content (AvgIpc) is 2.92. The van der Waals surface area contributed by atoms with Gasteiger partial charge in [0.1, 0.15) is 11.6 Å². The Kier molecular flexibility index (Phi) is 9.48. The summed E-state index contributed by atoms with van der Waals surface area (Å²) in [5.41, 5.74) is 1.32. The third-order valence-electron chi connectivity index (χ3n) is 6.05. The number of benzene rings is 2. The Balaban J connectivity index is 1.58. The largest absolute Gasteiger partial charge is 0.490 e. The number of nitrogens with zero attached hydrogens (tertiary/aromatic N) is 2. The number of aromatic nitrogens is 2. The van der Waals surface area contributed by atoms with E-state index in [0.29, 0.717) is 49.5 Å². The average molecular weight is 577 g/mol. The van der Waals surface area contributed by atoms with Crippen molar-refractivity contribution in [2.45, 2.75) is 33.0 Å². The second-order valence-electron chi connectivity index (χ2n) is 10.4. The molecule has 2 aromatic carbocycles. The van der Waals surface area contributed by atoms with Gasteiger partial charge in [0, 0.05) is 37.0 Å². The molecule has 9 nitrogen and oxygen atoms in total. The molecule has 220 valence electrons. The van der Waals surface area contributed by atoms with E-state index in [-0.39, 0.29) is 35.3 Å². The van der Waals surface area contributed by atoms with Gasteiger partial charge in [0.25, 0.3) is 5.91 Å². The van der Waals surface area contributed by atoms with Gasteiger partial charge in [0.2, 0.25) is 0 Å². The number of nitrogens with one attached hydrogen (secondary N) is 4. The summed E-state index contributed by atoms with van der Waals surface area (Å²) in [6, 6.07) is 12.1. The number of alkyl halides is 3. The maximum absolute atomic E-state index is 14.6. The highest BCUT2D eigenvalue weighted by Gasteiger charge is 2.29. The first-order valence-corrected chi connectivity index (χ1v) is 13.1. The molecule has 0 atom stereocenters. The van der Waals surface area contributed by atoms with E-state index in [9.17, 15) is 22.4 Å². The van der Waals surface area contributed by atoms with Crippen molar-refractivity contribution in [3.63, 3.8) is 0 Å². The van der Waals surface area contributed by atoms with Gasteiger partial charge in [-0.15, -0.1) is 0 Å². The molecule has 6 bridgehead atoms. The molecule has 1 amide bonds. The normalized spacial score (nSPS) is 16.5. The zero-order valence-corrected chi connectivity index (χ0v) is 22.7. The van der Waals surface area contributed by atoms with Gasteiger partial charge in [-0.1, -0.05) is 19.9 Å². The zero-order chi connectivity index (χ0) is 29.5. The van der Waals surface area contributed by atoms with Crippen molar-refractivity contribution in [1.29, 1.82) is 0 Å². The van der Waals surface area contributed by atoms with Crippen LogP contribution in [0.3, 0.4) is 0 Å². The second-order valence-corrected chi connectivity index (χ2v) is 10.4. The Bertz CT molecular complexity index is 1340. The molecule has 0 unspecified atom stereocenters. The third kappa shape index (κ3) is 9.48. The molecule has 0 saturated carbocycles. The van der Waals surface area contributed by atoms with E-state index in [1.807, 2.05) is 13.8 Å². The fourth-order valence-electron chi connectivity index (χ4n) is 3.90. The Hall–Kier alpha value is -4.13. The number of carbonyl (C=O) groups excluding carboxylic acids is 1. The first kappa shape index (κ1) is 29.8. The van der Waals surface area contributed by atoms with Crippen LogP contribution in [0, 0.1) is 11.2 Å². The van der Waals surface area contributed by atoms with E-state index >= 15 is 0 Å². The highest BCUT2D eigenvalue weighted by Crippen LogP contribution is 2.24. The van der Waals surface area contributed by atoms with E-state index in [4.69, 9.17) is 9.47 Å². The van der Waals surface area contributed by atoms with Crippen molar-refractivity contribution in [3.8, 4) is 11.8 Å². The van der Waals surface area contributed by atoms with Gasteiger partial charge in [-0.05, 0) is 60.3 Å². The molecule has 3 aromatic rings. The molecular weight excluding hydrogens is 544 g/mol. The molecule has 0 saturated heterocycles. The van der Waals surface area contributed by atoms with Crippen LogP contribution in [0.2, 0.25) is 0 Å². The predicted octanol–water partition coefficient (Wildman–Crippen LogP) is 5.04. The highest BCUT2D eigenvalue weighted by atomic mass is 19.4. The molecular formula is C28H32F4N6O3. The molecule has 0 spiro atoms. The number of hydrogen-bond donors (Lipinski definition) is 4. The summed E-state index contributed by atoms with van der Waals surface area (Å²) in [4.78, 5) is 20.7. The van der Waals surface area contributed by atoms with Gasteiger partial charge in [-0.25, -0.2) is 4.39 Å². The molecule has 41 heavy (non-hydrogen) atoms. The minimum absolute atomic E-state index is 0.119. The van der Waals surface area contributed by atoms with E-state index in [1.165, 1.54) is 18.2 Å². The molecule has 1 aromatic heterocycles. The van der Waals surface area contributed by atoms with E-state index in [2.05, 4.69) is 31.2 Å². The van der Waals surface area contributed by atoms with Crippen LogP contribution in [0.25, 0.3) is 0 Å². The summed E-state index contributed by atoms with van der Waals surface area (Å²) in [6.45, 7) is 4.67. The van der Waals surface area contributed by atoms with Crippen LogP contribution in [-0.4, -0.2) is 54.9 Å². The summed E-state index contributed by atoms with van der Waals surface area (Å²) in [6.07, 6.45) is -3.93. The number of hydrogen-bond acceptors (Lipinski definition) is 8. The smallest absolute Gasteiger partial charge is 0.422 e. The Morgan fingerprint density at radius 2 is 1.76 bits per heavy atom. The molecule has 0 fully saturated rings. The lowest BCUT2D eigenvalue weighted by Gasteiger charge is -2.25. The number of rotatable bonds is 2.